The Morgan fingerprint density at radius 3 is 2.74 bits per heavy atom. The Morgan fingerprint density at radius 1 is 1.18 bits per heavy atom. The first-order valence-corrected chi connectivity index (χ1v) is 12.9. The lowest BCUT2D eigenvalue weighted by atomic mass is 10.0. The number of nitrogens with zero attached hydrogens (tertiary/aromatic N) is 4. The van der Waals surface area contributed by atoms with Crippen molar-refractivity contribution in [2.75, 3.05) is 25.4 Å². The van der Waals surface area contributed by atoms with Gasteiger partial charge in [0.2, 0.25) is 5.91 Å². The molecule has 7 nitrogen and oxygen atoms in total. The molecule has 3 heterocycles. The molecule has 1 saturated heterocycles. The summed E-state index contributed by atoms with van der Waals surface area (Å²) in [5, 5.41) is 4.50. The number of aromatic nitrogens is 3. The highest BCUT2D eigenvalue weighted by Gasteiger charge is 2.36. The summed E-state index contributed by atoms with van der Waals surface area (Å²) in [4.78, 5) is 24.6. The number of nitrogen functional groups attached to an aromatic ring is 1. The topological polar surface area (TPSA) is 89.1 Å². The number of rotatable bonds is 9. The van der Waals surface area contributed by atoms with Crippen LogP contribution in [0.3, 0.4) is 0 Å². The molecule has 0 radical (unpaired) electrons. The van der Waals surface area contributed by atoms with Gasteiger partial charge in [-0.2, -0.15) is 0 Å². The Morgan fingerprint density at radius 2 is 1.97 bits per heavy atom. The summed E-state index contributed by atoms with van der Waals surface area (Å²) in [5.74, 6) is 2.14. The quantitative estimate of drug-likeness (QED) is 0.470. The Hall–Kier alpha value is -2.93. The first-order chi connectivity index (χ1) is 16.7. The SMILES string of the molecule is CCCCc1nc2c(N)nc3ccccc3c2n1C/C=C/CN(C(=O)C1CC1)C1CCNCC1. The fourth-order valence-corrected chi connectivity index (χ4v) is 5.10. The number of allylic oxidation sites excluding steroid dienone is 1. The number of carbonyl (C=O) groups is 1. The number of benzene rings is 1. The summed E-state index contributed by atoms with van der Waals surface area (Å²) in [7, 11) is 0. The third-order valence-corrected chi connectivity index (χ3v) is 7.16. The third kappa shape index (κ3) is 4.67. The maximum atomic E-state index is 13.0. The molecule has 1 aliphatic heterocycles. The highest BCUT2D eigenvalue weighted by molar-refractivity contribution is 6.06. The number of amides is 1. The minimum Gasteiger partial charge on any atom is -0.382 e. The van der Waals surface area contributed by atoms with Gasteiger partial charge in [0.25, 0.3) is 0 Å². The molecule has 180 valence electrons. The molecule has 5 rings (SSSR count). The van der Waals surface area contributed by atoms with E-state index in [2.05, 4.69) is 44.9 Å². The number of imidazole rings is 1. The number of nitrogens with one attached hydrogen (secondary N) is 1. The first kappa shape index (κ1) is 22.8. The molecule has 1 saturated carbocycles. The molecule has 1 aromatic carbocycles. The van der Waals surface area contributed by atoms with Gasteiger partial charge in [0.1, 0.15) is 11.3 Å². The van der Waals surface area contributed by atoms with E-state index in [9.17, 15) is 4.79 Å². The number of aryl methyl sites for hydroxylation is 1. The van der Waals surface area contributed by atoms with Gasteiger partial charge < -0.3 is 20.5 Å². The zero-order chi connectivity index (χ0) is 23.5. The third-order valence-electron chi connectivity index (χ3n) is 7.16. The molecule has 3 N–H and O–H groups in total. The van der Waals surface area contributed by atoms with Crippen LogP contribution >= 0.6 is 0 Å². The largest absolute Gasteiger partial charge is 0.382 e. The van der Waals surface area contributed by atoms with Gasteiger partial charge in [0.15, 0.2) is 5.82 Å². The normalized spacial score (nSPS) is 17.2. The zero-order valence-electron chi connectivity index (χ0n) is 20.2. The molecular formula is C27H36N6O. The van der Waals surface area contributed by atoms with E-state index >= 15 is 0 Å². The second-order valence-electron chi connectivity index (χ2n) is 9.67. The van der Waals surface area contributed by atoms with Crippen molar-refractivity contribution in [3.63, 3.8) is 0 Å². The number of pyridine rings is 1. The van der Waals surface area contributed by atoms with E-state index in [1.165, 1.54) is 0 Å². The Balaban J connectivity index is 1.42. The molecule has 1 aliphatic carbocycles. The number of carbonyl (C=O) groups excluding carboxylic acids is 1. The first-order valence-electron chi connectivity index (χ1n) is 12.9. The number of hydrogen-bond acceptors (Lipinski definition) is 5. The standard InChI is InChI=1S/C27H36N6O/c1-2-3-10-23-31-24-25(21-8-4-5-9-22(21)30-26(24)28)33(23)18-7-6-17-32(27(34)19-11-12-19)20-13-15-29-16-14-20/h4-9,19-20,29H,2-3,10-18H2,1H3,(H2,28,30)/b7-6+. The molecule has 0 bridgehead atoms. The number of piperidine rings is 1. The summed E-state index contributed by atoms with van der Waals surface area (Å²) in [6, 6.07) is 8.49. The van der Waals surface area contributed by atoms with Crippen LogP contribution in [0.15, 0.2) is 36.4 Å². The van der Waals surface area contributed by atoms with E-state index in [-0.39, 0.29) is 5.92 Å². The average Bonchev–Trinajstić information content (AvgIpc) is 3.65. The molecule has 7 heteroatoms. The van der Waals surface area contributed by atoms with Crippen molar-refractivity contribution in [1.82, 2.24) is 24.8 Å². The van der Waals surface area contributed by atoms with E-state index in [1.54, 1.807) is 0 Å². The lowest BCUT2D eigenvalue weighted by molar-refractivity contribution is -0.134. The molecule has 2 fully saturated rings. The van der Waals surface area contributed by atoms with Gasteiger partial charge in [-0.3, -0.25) is 4.79 Å². The molecule has 0 unspecified atom stereocenters. The Labute approximate surface area is 201 Å². The van der Waals surface area contributed by atoms with Crippen LogP contribution in [0.2, 0.25) is 0 Å². The van der Waals surface area contributed by atoms with E-state index in [0.717, 1.165) is 85.8 Å². The Bertz CT molecular complexity index is 1190. The molecule has 2 aliphatic rings. The average molecular weight is 461 g/mol. The molecule has 3 aromatic rings. The highest BCUT2D eigenvalue weighted by Crippen LogP contribution is 2.33. The minimum atomic E-state index is 0.253. The van der Waals surface area contributed by atoms with Crippen molar-refractivity contribution in [1.29, 1.82) is 0 Å². The van der Waals surface area contributed by atoms with Gasteiger partial charge in [-0.05, 0) is 51.3 Å². The van der Waals surface area contributed by atoms with Crippen molar-refractivity contribution >= 4 is 33.7 Å². The van der Waals surface area contributed by atoms with Crippen molar-refractivity contribution in [3.05, 3.63) is 42.2 Å². The lowest BCUT2D eigenvalue weighted by Gasteiger charge is -2.34. The number of unbranched alkanes of at least 4 members (excludes halogenated alkanes) is 1. The van der Waals surface area contributed by atoms with Crippen LogP contribution in [0.1, 0.15) is 51.3 Å². The van der Waals surface area contributed by atoms with E-state index in [0.29, 0.717) is 30.9 Å². The van der Waals surface area contributed by atoms with Crippen molar-refractivity contribution in [3.8, 4) is 0 Å². The van der Waals surface area contributed by atoms with Crippen molar-refractivity contribution in [2.24, 2.45) is 5.92 Å². The minimum absolute atomic E-state index is 0.253. The molecule has 0 atom stereocenters. The summed E-state index contributed by atoms with van der Waals surface area (Å²) < 4.78 is 2.29. The van der Waals surface area contributed by atoms with Crippen molar-refractivity contribution < 1.29 is 4.79 Å². The fraction of sp³-hybridized carbons (Fsp3) is 0.519. The van der Waals surface area contributed by atoms with Gasteiger partial charge in [0, 0.05) is 36.9 Å². The molecule has 2 aromatic heterocycles. The van der Waals surface area contributed by atoms with Gasteiger partial charge in [-0.1, -0.05) is 43.7 Å². The number of nitrogens with two attached hydrogens (primary N) is 1. The second kappa shape index (κ2) is 10.1. The molecule has 0 spiro atoms. The molecule has 1 amide bonds. The van der Waals surface area contributed by atoms with Gasteiger partial charge in [0.05, 0.1) is 11.0 Å². The summed E-state index contributed by atoms with van der Waals surface area (Å²) in [6.07, 6.45) is 11.6. The number of anilines is 1. The van der Waals surface area contributed by atoms with Crippen molar-refractivity contribution in [2.45, 2.75) is 64.5 Å². The van der Waals surface area contributed by atoms with Crippen LogP contribution in [0.4, 0.5) is 5.82 Å². The maximum Gasteiger partial charge on any atom is 0.226 e. The number of hydrogen-bond donors (Lipinski definition) is 2. The van der Waals surface area contributed by atoms with Crippen LogP contribution < -0.4 is 11.1 Å². The molecular weight excluding hydrogens is 424 g/mol. The smallest absolute Gasteiger partial charge is 0.226 e. The predicted octanol–water partition coefficient (Wildman–Crippen LogP) is 4.06. The maximum absolute atomic E-state index is 13.0. The second-order valence-corrected chi connectivity index (χ2v) is 9.67. The molecule has 34 heavy (non-hydrogen) atoms. The van der Waals surface area contributed by atoms with Crippen LogP contribution in [-0.4, -0.2) is 51.0 Å². The fourth-order valence-electron chi connectivity index (χ4n) is 5.10. The summed E-state index contributed by atoms with van der Waals surface area (Å²) >= 11 is 0. The summed E-state index contributed by atoms with van der Waals surface area (Å²) in [6.45, 7) is 5.58. The van der Waals surface area contributed by atoms with Crippen LogP contribution in [0.5, 0.6) is 0 Å². The van der Waals surface area contributed by atoms with Gasteiger partial charge in [-0.15, -0.1) is 0 Å². The van der Waals surface area contributed by atoms with Crippen LogP contribution in [-0.2, 0) is 17.8 Å². The summed E-state index contributed by atoms with van der Waals surface area (Å²) in [5.41, 5.74) is 9.07. The van der Waals surface area contributed by atoms with Gasteiger partial charge in [-0.25, -0.2) is 9.97 Å². The predicted molar refractivity (Wildman–Crippen MR) is 138 cm³/mol. The monoisotopic (exact) mass is 460 g/mol. The van der Waals surface area contributed by atoms with E-state index in [4.69, 9.17) is 10.7 Å². The zero-order valence-corrected chi connectivity index (χ0v) is 20.2. The number of para-hydroxylation sites is 1. The van der Waals surface area contributed by atoms with Crippen LogP contribution in [0, 0.1) is 5.92 Å². The number of fused-ring (bicyclic) bond motifs is 3. The van der Waals surface area contributed by atoms with E-state index in [1.807, 2.05) is 18.2 Å². The lowest BCUT2D eigenvalue weighted by Crippen LogP contribution is -2.46. The van der Waals surface area contributed by atoms with Crippen LogP contribution in [0.25, 0.3) is 21.9 Å². The van der Waals surface area contributed by atoms with Gasteiger partial charge >= 0.3 is 0 Å². The Kier molecular flexibility index (Phi) is 6.81. The van der Waals surface area contributed by atoms with E-state index < -0.39 is 0 Å². The highest BCUT2D eigenvalue weighted by atomic mass is 16.2.